The fraction of sp³-hybridized carbons (Fsp3) is 0.667. The molecule has 2 heterocycles. The van der Waals surface area contributed by atoms with E-state index in [9.17, 15) is 15.0 Å². The summed E-state index contributed by atoms with van der Waals surface area (Å²) >= 11 is 6.14. The predicted molar refractivity (Wildman–Crippen MR) is 106 cm³/mol. The van der Waals surface area contributed by atoms with Crippen LogP contribution in [0.1, 0.15) is 46.1 Å². The highest BCUT2D eigenvalue weighted by Crippen LogP contribution is 2.40. The van der Waals surface area contributed by atoms with Crippen LogP contribution >= 0.6 is 11.6 Å². The molecule has 1 amide bonds. The predicted octanol–water partition coefficient (Wildman–Crippen LogP) is 1.48. The number of aliphatic hydroxyl groups is 2. The molecule has 5 N–H and O–H groups in total. The number of hydrogen-bond acceptors (Lipinski definition) is 7. The van der Waals surface area contributed by atoms with E-state index in [0.717, 1.165) is 12.8 Å². The molecule has 0 saturated heterocycles. The van der Waals surface area contributed by atoms with Crippen molar-refractivity contribution in [2.75, 3.05) is 5.32 Å². The summed E-state index contributed by atoms with van der Waals surface area (Å²) in [5.41, 5.74) is 6.41. The van der Waals surface area contributed by atoms with Crippen LogP contribution in [0.3, 0.4) is 0 Å². The van der Waals surface area contributed by atoms with Gasteiger partial charge in [0.05, 0.1) is 18.5 Å². The van der Waals surface area contributed by atoms with Gasteiger partial charge >= 0.3 is 0 Å². The van der Waals surface area contributed by atoms with Gasteiger partial charge in [-0.15, -0.1) is 0 Å². The van der Waals surface area contributed by atoms with Crippen LogP contribution in [-0.4, -0.2) is 53.9 Å². The van der Waals surface area contributed by atoms with Crippen LogP contribution in [-0.2, 0) is 4.79 Å². The van der Waals surface area contributed by atoms with Crippen molar-refractivity contribution in [2.45, 2.75) is 64.3 Å². The fourth-order valence-corrected chi connectivity index (χ4v) is 4.11. The first-order valence-corrected chi connectivity index (χ1v) is 9.98. The van der Waals surface area contributed by atoms with Gasteiger partial charge in [0.25, 0.3) is 0 Å². The van der Waals surface area contributed by atoms with Crippen LogP contribution in [0.2, 0.25) is 5.28 Å². The number of nitrogens with zero attached hydrogens (tertiary/aromatic N) is 4. The number of imidazole rings is 1. The number of nitrogens with two attached hydrogens (primary N) is 1. The van der Waals surface area contributed by atoms with E-state index in [-0.39, 0.29) is 11.3 Å². The SMILES string of the molecule is CCC(CC)Nc1nc(Cl)nc2c1ncn2[C@@H]1C[C@@H](C(C)C(N)=O)[C@@H](O)[C@H]1O. The smallest absolute Gasteiger partial charge is 0.226 e. The lowest BCUT2D eigenvalue weighted by atomic mass is 9.90. The number of aliphatic hydroxyl groups excluding tert-OH is 2. The first-order valence-electron chi connectivity index (χ1n) is 9.60. The minimum absolute atomic E-state index is 0.0674. The van der Waals surface area contributed by atoms with Crippen molar-refractivity contribution in [3.63, 3.8) is 0 Å². The molecule has 1 saturated carbocycles. The largest absolute Gasteiger partial charge is 0.390 e. The number of fused-ring (bicyclic) bond motifs is 1. The molecule has 10 heteroatoms. The third-order valence-corrected chi connectivity index (χ3v) is 6.03. The molecule has 1 unspecified atom stereocenters. The Kier molecular flexibility index (Phi) is 6.07. The van der Waals surface area contributed by atoms with Crippen LogP contribution in [0.5, 0.6) is 0 Å². The molecule has 28 heavy (non-hydrogen) atoms. The summed E-state index contributed by atoms with van der Waals surface area (Å²) in [7, 11) is 0. The second-order valence-electron chi connectivity index (χ2n) is 7.46. The number of carbonyl (C=O) groups is 1. The van der Waals surface area contributed by atoms with Crippen LogP contribution in [0.15, 0.2) is 6.33 Å². The Balaban J connectivity index is 1.98. The summed E-state index contributed by atoms with van der Waals surface area (Å²) in [5.74, 6) is -0.976. The highest BCUT2D eigenvalue weighted by atomic mass is 35.5. The highest BCUT2D eigenvalue weighted by Gasteiger charge is 2.46. The van der Waals surface area contributed by atoms with E-state index < -0.39 is 36.0 Å². The molecule has 3 rings (SSSR count). The molecular weight excluding hydrogens is 384 g/mol. The van der Waals surface area contributed by atoms with E-state index in [1.807, 2.05) is 0 Å². The van der Waals surface area contributed by atoms with Gasteiger partial charge in [-0.05, 0) is 30.9 Å². The Morgan fingerprint density at radius 2 is 2.04 bits per heavy atom. The lowest BCUT2D eigenvalue weighted by Crippen LogP contribution is -2.35. The highest BCUT2D eigenvalue weighted by molar-refractivity contribution is 6.28. The summed E-state index contributed by atoms with van der Waals surface area (Å²) < 4.78 is 1.70. The van der Waals surface area contributed by atoms with Crippen LogP contribution < -0.4 is 11.1 Å². The Hall–Kier alpha value is -1.97. The number of amides is 1. The minimum atomic E-state index is -1.08. The van der Waals surface area contributed by atoms with Gasteiger partial charge in [-0.3, -0.25) is 4.79 Å². The summed E-state index contributed by atoms with van der Waals surface area (Å²) in [6.45, 7) is 5.82. The van der Waals surface area contributed by atoms with Gasteiger partial charge in [-0.1, -0.05) is 20.8 Å². The maximum atomic E-state index is 11.6. The molecule has 2 aromatic heterocycles. The monoisotopic (exact) mass is 410 g/mol. The topological polar surface area (TPSA) is 139 Å². The molecule has 0 bridgehead atoms. The van der Waals surface area contributed by atoms with E-state index in [1.165, 1.54) is 0 Å². The van der Waals surface area contributed by atoms with Crippen molar-refractivity contribution in [3.05, 3.63) is 11.6 Å². The molecular formula is C18H27ClN6O3. The van der Waals surface area contributed by atoms with Gasteiger partial charge in [0.15, 0.2) is 17.0 Å². The molecule has 1 fully saturated rings. The lowest BCUT2D eigenvalue weighted by Gasteiger charge is -2.20. The number of anilines is 1. The third-order valence-electron chi connectivity index (χ3n) is 5.87. The maximum Gasteiger partial charge on any atom is 0.226 e. The van der Waals surface area contributed by atoms with Crippen LogP contribution in [0.25, 0.3) is 11.2 Å². The second kappa shape index (κ2) is 8.18. The average Bonchev–Trinajstić information content (AvgIpc) is 3.20. The Morgan fingerprint density at radius 1 is 1.36 bits per heavy atom. The Labute approximate surface area is 168 Å². The first kappa shape index (κ1) is 20.8. The molecule has 0 spiro atoms. The number of aromatic nitrogens is 4. The number of primary amides is 1. The molecule has 5 atom stereocenters. The number of rotatable bonds is 7. The van der Waals surface area contributed by atoms with Crippen molar-refractivity contribution in [1.82, 2.24) is 19.5 Å². The summed E-state index contributed by atoms with van der Waals surface area (Å²) in [4.78, 5) is 24.5. The summed E-state index contributed by atoms with van der Waals surface area (Å²) in [5, 5.41) is 24.5. The summed E-state index contributed by atoms with van der Waals surface area (Å²) in [6.07, 6.45) is 1.62. The van der Waals surface area contributed by atoms with Crippen LogP contribution in [0.4, 0.5) is 5.82 Å². The molecule has 0 radical (unpaired) electrons. The summed E-state index contributed by atoms with van der Waals surface area (Å²) in [6, 6.07) is -0.280. The average molecular weight is 411 g/mol. The molecule has 154 valence electrons. The van der Waals surface area contributed by atoms with Crippen molar-refractivity contribution in [2.24, 2.45) is 17.6 Å². The molecule has 0 aromatic carbocycles. The normalized spacial score (nSPS) is 26.1. The zero-order valence-electron chi connectivity index (χ0n) is 16.2. The number of carbonyl (C=O) groups excluding carboxylic acids is 1. The standard InChI is InChI=1S/C18H27ClN6O3/c1-4-9(5-2)22-16-12-17(24-18(19)23-16)25(7-21-12)11-6-10(8(3)15(20)28)13(26)14(11)27/h7-11,13-14,26-27H,4-6H2,1-3H3,(H2,20,28)(H,22,23,24)/t8?,10-,11+,13+,14-/m0/s1. The van der Waals surface area contributed by atoms with Gasteiger partial charge in [-0.25, -0.2) is 4.98 Å². The van der Waals surface area contributed by atoms with Gasteiger partial charge in [0.1, 0.15) is 6.10 Å². The van der Waals surface area contributed by atoms with Crippen molar-refractivity contribution in [3.8, 4) is 0 Å². The maximum absolute atomic E-state index is 11.6. The van der Waals surface area contributed by atoms with E-state index in [2.05, 4.69) is 34.1 Å². The molecule has 1 aliphatic carbocycles. The molecule has 9 nitrogen and oxygen atoms in total. The van der Waals surface area contributed by atoms with E-state index in [1.54, 1.807) is 17.8 Å². The number of hydrogen-bond donors (Lipinski definition) is 4. The Bertz CT molecular complexity index is 855. The lowest BCUT2D eigenvalue weighted by molar-refractivity contribution is -0.124. The zero-order chi connectivity index (χ0) is 20.6. The van der Waals surface area contributed by atoms with E-state index in [0.29, 0.717) is 23.4 Å². The molecule has 0 aliphatic heterocycles. The van der Waals surface area contributed by atoms with E-state index in [4.69, 9.17) is 17.3 Å². The minimum Gasteiger partial charge on any atom is -0.390 e. The Morgan fingerprint density at radius 3 is 2.64 bits per heavy atom. The van der Waals surface area contributed by atoms with Gasteiger partial charge in [0.2, 0.25) is 11.2 Å². The third kappa shape index (κ3) is 3.66. The van der Waals surface area contributed by atoms with Gasteiger partial charge in [-0.2, -0.15) is 9.97 Å². The van der Waals surface area contributed by atoms with Crippen LogP contribution in [0, 0.1) is 11.8 Å². The van der Waals surface area contributed by atoms with Crippen molar-refractivity contribution in [1.29, 1.82) is 0 Å². The fourth-order valence-electron chi connectivity index (χ4n) is 3.95. The molecule has 2 aromatic rings. The quantitative estimate of drug-likeness (QED) is 0.507. The van der Waals surface area contributed by atoms with Gasteiger partial charge in [0, 0.05) is 17.9 Å². The molecule has 1 aliphatic rings. The van der Waals surface area contributed by atoms with Crippen molar-refractivity contribution >= 4 is 34.5 Å². The van der Waals surface area contributed by atoms with E-state index >= 15 is 0 Å². The number of halogens is 1. The van der Waals surface area contributed by atoms with Gasteiger partial charge < -0.3 is 25.8 Å². The zero-order valence-corrected chi connectivity index (χ0v) is 17.0. The first-order chi connectivity index (χ1) is 13.3. The number of nitrogens with one attached hydrogen (secondary N) is 1. The second-order valence-corrected chi connectivity index (χ2v) is 7.80. The van der Waals surface area contributed by atoms with Crippen molar-refractivity contribution < 1.29 is 15.0 Å².